The lowest BCUT2D eigenvalue weighted by Crippen LogP contribution is -2.35. The van der Waals surface area contributed by atoms with Gasteiger partial charge in [-0.05, 0) is 44.5 Å². The van der Waals surface area contributed by atoms with Crippen LogP contribution in [0.2, 0.25) is 0 Å². The molecule has 0 spiro atoms. The molecule has 1 aliphatic rings. The Bertz CT molecular complexity index is 384. The zero-order valence-electron chi connectivity index (χ0n) is 14.5. The Morgan fingerprint density at radius 3 is 2.55 bits per heavy atom. The van der Waals surface area contributed by atoms with Crippen molar-refractivity contribution < 1.29 is 14.2 Å². The second kappa shape index (κ2) is 10.4. The Hall–Kier alpha value is -0.390. The third kappa shape index (κ3) is 6.01. The fraction of sp³-hybridized carbons (Fsp3) is 0.765. The molecule has 0 N–H and O–H groups in total. The minimum atomic E-state index is -0.132. The van der Waals surface area contributed by atoms with Crippen LogP contribution in [0.15, 0.2) is 22.8 Å². The summed E-state index contributed by atoms with van der Waals surface area (Å²) in [4.78, 5) is 2.30. The molecule has 0 fully saturated rings. The molecule has 0 radical (unpaired) electrons. The summed E-state index contributed by atoms with van der Waals surface area (Å²) in [6.45, 7) is 6.58. The molecule has 0 aromatic heterocycles. The summed E-state index contributed by atoms with van der Waals surface area (Å²) in [5, 5.41) is 0.763. The molecule has 1 aliphatic carbocycles. The van der Waals surface area contributed by atoms with Gasteiger partial charge in [0.2, 0.25) is 0 Å². The van der Waals surface area contributed by atoms with Crippen LogP contribution in [-0.2, 0) is 14.2 Å². The van der Waals surface area contributed by atoms with Crippen LogP contribution >= 0.6 is 11.6 Å². The first kappa shape index (κ1) is 19.7. The fourth-order valence-corrected chi connectivity index (χ4v) is 2.60. The molecule has 5 heteroatoms. The number of ether oxygens (including phenoxy) is 3. The van der Waals surface area contributed by atoms with Crippen LogP contribution in [0.1, 0.15) is 26.7 Å². The summed E-state index contributed by atoms with van der Waals surface area (Å²) in [6, 6.07) is 0.520. The molecule has 3 atom stereocenters. The molecule has 0 aromatic rings. The summed E-state index contributed by atoms with van der Waals surface area (Å²) in [7, 11) is 5.50. The van der Waals surface area contributed by atoms with Crippen LogP contribution in [0, 0.1) is 0 Å². The van der Waals surface area contributed by atoms with E-state index in [1.807, 2.05) is 6.08 Å². The SMILES string of the molecule is CC[C@@H](C)N(C)CC1=CC(OCCCOC)C(OC)C=C1Cl. The Balaban J connectivity index is 2.69. The summed E-state index contributed by atoms with van der Waals surface area (Å²) < 4.78 is 16.5. The first-order chi connectivity index (χ1) is 10.5. The number of hydrogen-bond acceptors (Lipinski definition) is 4. The van der Waals surface area contributed by atoms with E-state index in [2.05, 4.69) is 31.9 Å². The third-order valence-electron chi connectivity index (χ3n) is 4.14. The van der Waals surface area contributed by atoms with E-state index in [-0.39, 0.29) is 12.2 Å². The Morgan fingerprint density at radius 1 is 1.23 bits per heavy atom. The molecule has 0 saturated carbocycles. The van der Waals surface area contributed by atoms with E-state index in [1.165, 1.54) is 0 Å². The Labute approximate surface area is 140 Å². The second-order valence-electron chi connectivity index (χ2n) is 5.76. The molecule has 22 heavy (non-hydrogen) atoms. The number of halogens is 1. The second-order valence-corrected chi connectivity index (χ2v) is 6.17. The Kier molecular flexibility index (Phi) is 9.29. The minimum absolute atomic E-state index is 0.0929. The molecule has 0 bridgehead atoms. The van der Waals surface area contributed by atoms with Crippen molar-refractivity contribution in [3.8, 4) is 0 Å². The quantitative estimate of drug-likeness (QED) is 0.575. The van der Waals surface area contributed by atoms with Gasteiger partial charge in [0.05, 0.1) is 0 Å². The van der Waals surface area contributed by atoms with Crippen molar-refractivity contribution in [2.45, 2.75) is 44.9 Å². The van der Waals surface area contributed by atoms with E-state index in [1.54, 1.807) is 14.2 Å². The maximum Gasteiger partial charge on any atom is 0.107 e. The predicted molar refractivity (Wildman–Crippen MR) is 91.4 cm³/mol. The lowest BCUT2D eigenvalue weighted by Gasteiger charge is -2.30. The Morgan fingerprint density at radius 2 is 1.95 bits per heavy atom. The molecule has 2 unspecified atom stereocenters. The summed E-state index contributed by atoms with van der Waals surface area (Å²) in [5.41, 5.74) is 1.11. The smallest absolute Gasteiger partial charge is 0.107 e. The molecular weight excluding hydrogens is 302 g/mol. The van der Waals surface area contributed by atoms with Gasteiger partial charge in [0, 0.05) is 45.1 Å². The number of likely N-dealkylation sites (N-methyl/N-ethyl adjacent to an activating group) is 1. The van der Waals surface area contributed by atoms with E-state index in [9.17, 15) is 0 Å². The number of nitrogens with zero attached hydrogens (tertiary/aromatic N) is 1. The van der Waals surface area contributed by atoms with Gasteiger partial charge in [-0.15, -0.1) is 0 Å². The van der Waals surface area contributed by atoms with Crippen molar-refractivity contribution >= 4 is 11.6 Å². The van der Waals surface area contributed by atoms with Gasteiger partial charge < -0.3 is 14.2 Å². The molecule has 0 aromatic carbocycles. The highest BCUT2D eigenvalue weighted by Gasteiger charge is 2.25. The maximum atomic E-state index is 6.41. The van der Waals surface area contributed by atoms with Crippen LogP contribution in [-0.4, -0.2) is 64.2 Å². The van der Waals surface area contributed by atoms with Crippen LogP contribution in [0.4, 0.5) is 0 Å². The lowest BCUT2D eigenvalue weighted by atomic mass is 10.0. The molecule has 1 rings (SSSR count). The normalized spacial score (nSPS) is 23.4. The van der Waals surface area contributed by atoms with Gasteiger partial charge in [0.15, 0.2) is 0 Å². The predicted octanol–water partition coefficient (Wildman–Crippen LogP) is 3.22. The number of rotatable bonds is 10. The van der Waals surface area contributed by atoms with Gasteiger partial charge in [-0.2, -0.15) is 0 Å². The average molecular weight is 332 g/mol. The molecule has 4 nitrogen and oxygen atoms in total. The zero-order chi connectivity index (χ0) is 16.5. The van der Waals surface area contributed by atoms with Gasteiger partial charge >= 0.3 is 0 Å². The van der Waals surface area contributed by atoms with E-state index in [4.69, 9.17) is 25.8 Å². The number of hydrogen-bond donors (Lipinski definition) is 0. The largest absolute Gasteiger partial charge is 0.385 e. The van der Waals surface area contributed by atoms with Crippen molar-refractivity contribution in [3.05, 3.63) is 22.8 Å². The van der Waals surface area contributed by atoms with Crippen LogP contribution in [0.3, 0.4) is 0 Å². The van der Waals surface area contributed by atoms with Crippen LogP contribution in [0.5, 0.6) is 0 Å². The maximum absolute atomic E-state index is 6.41. The molecule has 0 amide bonds. The van der Waals surface area contributed by atoms with Gasteiger partial charge in [-0.25, -0.2) is 0 Å². The first-order valence-corrected chi connectivity index (χ1v) is 8.33. The standard InChI is InChI=1S/C17H30ClNO3/c1-6-13(2)19(3)12-14-10-17(22-9-7-8-20-4)16(21-5)11-15(14)18/h10-11,13,16-17H,6-9,12H2,1-5H3/t13-,16?,17?/m1/s1. The third-order valence-corrected chi connectivity index (χ3v) is 4.51. The van der Waals surface area contributed by atoms with Gasteiger partial charge in [0.25, 0.3) is 0 Å². The summed E-state index contributed by atoms with van der Waals surface area (Å²) in [5.74, 6) is 0. The molecular formula is C17H30ClNO3. The van der Waals surface area contributed by atoms with Gasteiger partial charge in [0.1, 0.15) is 12.2 Å². The molecule has 0 saturated heterocycles. The van der Waals surface area contributed by atoms with E-state index in [0.717, 1.165) is 30.0 Å². The number of methoxy groups -OCH3 is 2. The van der Waals surface area contributed by atoms with E-state index in [0.29, 0.717) is 19.3 Å². The van der Waals surface area contributed by atoms with Gasteiger partial charge in [-0.3, -0.25) is 4.90 Å². The van der Waals surface area contributed by atoms with Crippen LogP contribution < -0.4 is 0 Å². The molecule has 0 aliphatic heterocycles. The minimum Gasteiger partial charge on any atom is -0.385 e. The monoisotopic (exact) mass is 331 g/mol. The molecule has 128 valence electrons. The highest BCUT2D eigenvalue weighted by molar-refractivity contribution is 6.32. The van der Waals surface area contributed by atoms with Crippen molar-refractivity contribution in [3.63, 3.8) is 0 Å². The van der Waals surface area contributed by atoms with Crippen molar-refractivity contribution in [1.82, 2.24) is 4.90 Å². The van der Waals surface area contributed by atoms with Crippen molar-refractivity contribution in [1.29, 1.82) is 0 Å². The van der Waals surface area contributed by atoms with Crippen molar-refractivity contribution in [2.24, 2.45) is 0 Å². The molecule has 0 heterocycles. The summed E-state index contributed by atoms with van der Waals surface area (Å²) >= 11 is 6.41. The van der Waals surface area contributed by atoms with Crippen molar-refractivity contribution in [2.75, 3.05) is 41.0 Å². The lowest BCUT2D eigenvalue weighted by molar-refractivity contribution is -0.0167. The van der Waals surface area contributed by atoms with Gasteiger partial charge in [-0.1, -0.05) is 18.5 Å². The topological polar surface area (TPSA) is 30.9 Å². The van der Waals surface area contributed by atoms with E-state index < -0.39 is 0 Å². The highest BCUT2D eigenvalue weighted by atomic mass is 35.5. The first-order valence-electron chi connectivity index (χ1n) is 7.95. The van der Waals surface area contributed by atoms with E-state index >= 15 is 0 Å². The summed E-state index contributed by atoms with van der Waals surface area (Å²) in [6.07, 6.45) is 5.81. The fourth-order valence-electron chi connectivity index (χ4n) is 2.35. The highest BCUT2D eigenvalue weighted by Crippen LogP contribution is 2.27. The average Bonchev–Trinajstić information content (AvgIpc) is 2.52. The van der Waals surface area contributed by atoms with Crippen LogP contribution in [0.25, 0.3) is 0 Å². The zero-order valence-corrected chi connectivity index (χ0v) is 15.2.